The molecule has 1 aromatic carbocycles. The quantitative estimate of drug-likeness (QED) is 0.864. The minimum atomic E-state index is -0.944. The molecule has 0 spiro atoms. The molecule has 2 saturated heterocycles. The second kappa shape index (κ2) is 4.66. The minimum absolute atomic E-state index is 0.255. The number of amides is 1. The van der Waals surface area contributed by atoms with Crippen molar-refractivity contribution in [3.8, 4) is 0 Å². The van der Waals surface area contributed by atoms with Crippen LogP contribution in [-0.4, -0.2) is 29.2 Å². The lowest BCUT2D eigenvalue weighted by Gasteiger charge is -2.23. The second-order valence-electron chi connectivity index (χ2n) is 5.04. The summed E-state index contributed by atoms with van der Waals surface area (Å²) in [6, 6.07) is 9.06. The van der Waals surface area contributed by atoms with Gasteiger partial charge in [0.25, 0.3) is 0 Å². The lowest BCUT2D eigenvalue weighted by molar-refractivity contribution is -0.147. The van der Waals surface area contributed by atoms with Crippen LogP contribution in [-0.2, 0) is 14.3 Å². The van der Waals surface area contributed by atoms with Crippen LogP contribution in [0.15, 0.2) is 30.3 Å². The maximum atomic E-state index is 12.3. The fourth-order valence-electron chi connectivity index (χ4n) is 3.07. The predicted molar refractivity (Wildman–Crippen MR) is 67.6 cm³/mol. The van der Waals surface area contributed by atoms with Gasteiger partial charge in [0.05, 0.1) is 24.0 Å². The number of hydrogen-bond acceptors (Lipinski definition) is 3. The second-order valence-corrected chi connectivity index (χ2v) is 5.04. The van der Waals surface area contributed by atoms with Gasteiger partial charge in [-0.2, -0.15) is 0 Å². The maximum Gasteiger partial charge on any atom is 0.310 e. The molecule has 100 valence electrons. The van der Waals surface area contributed by atoms with Gasteiger partial charge in [0, 0.05) is 5.69 Å². The third-order valence-electron chi connectivity index (χ3n) is 3.90. The van der Waals surface area contributed by atoms with Crippen LogP contribution in [0.4, 0.5) is 5.69 Å². The molecular weight excluding hydrogens is 246 g/mol. The molecule has 5 heteroatoms. The van der Waals surface area contributed by atoms with E-state index in [1.54, 1.807) is 12.1 Å². The lowest BCUT2D eigenvalue weighted by Crippen LogP contribution is -2.40. The van der Waals surface area contributed by atoms with Crippen molar-refractivity contribution in [2.24, 2.45) is 11.8 Å². The van der Waals surface area contributed by atoms with Crippen molar-refractivity contribution in [3.05, 3.63) is 30.3 Å². The van der Waals surface area contributed by atoms with Crippen molar-refractivity contribution >= 4 is 17.6 Å². The van der Waals surface area contributed by atoms with Crippen LogP contribution in [0.2, 0.25) is 0 Å². The Bertz CT molecular complexity index is 501. The van der Waals surface area contributed by atoms with Crippen molar-refractivity contribution in [2.75, 3.05) is 5.32 Å². The van der Waals surface area contributed by atoms with Crippen molar-refractivity contribution in [3.63, 3.8) is 0 Å². The van der Waals surface area contributed by atoms with Crippen molar-refractivity contribution in [1.82, 2.24) is 0 Å². The average molecular weight is 261 g/mol. The summed E-state index contributed by atoms with van der Waals surface area (Å²) in [5.74, 6) is -2.51. The van der Waals surface area contributed by atoms with Gasteiger partial charge < -0.3 is 15.2 Å². The molecule has 4 atom stereocenters. The topological polar surface area (TPSA) is 75.6 Å². The Morgan fingerprint density at radius 1 is 1.11 bits per heavy atom. The number of carbonyl (C=O) groups excluding carboxylic acids is 1. The SMILES string of the molecule is O=C(Nc1ccccc1)[C@@H]1[C@H](C(=O)O)[C@@H]2CC[C@H]1O2. The summed E-state index contributed by atoms with van der Waals surface area (Å²) in [4.78, 5) is 23.6. The van der Waals surface area contributed by atoms with Gasteiger partial charge in [-0.3, -0.25) is 9.59 Å². The van der Waals surface area contributed by atoms with Gasteiger partial charge in [0.15, 0.2) is 0 Å². The molecule has 2 bridgehead atoms. The Labute approximate surface area is 110 Å². The van der Waals surface area contributed by atoms with E-state index in [-0.39, 0.29) is 18.1 Å². The highest BCUT2D eigenvalue weighted by atomic mass is 16.5. The molecule has 0 aliphatic carbocycles. The molecule has 2 aliphatic rings. The highest BCUT2D eigenvalue weighted by molar-refractivity contribution is 5.96. The molecule has 0 aromatic heterocycles. The number of ether oxygens (including phenoxy) is 1. The highest BCUT2D eigenvalue weighted by Gasteiger charge is 2.55. The van der Waals surface area contributed by atoms with Crippen LogP contribution in [0.5, 0.6) is 0 Å². The van der Waals surface area contributed by atoms with Crippen LogP contribution in [0, 0.1) is 11.8 Å². The molecule has 3 rings (SSSR count). The van der Waals surface area contributed by atoms with Crippen molar-refractivity contribution < 1.29 is 19.4 Å². The first-order valence-electron chi connectivity index (χ1n) is 6.41. The molecule has 2 fully saturated rings. The van der Waals surface area contributed by atoms with Gasteiger partial charge in [-0.25, -0.2) is 0 Å². The number of benzene rings is 1. The Morgan fingerprint density at radius 2 is 1.74 bits per heavy atom. The summed E-state index contributed by atoms with van der Waals surface area (Å²) >= 11 is 0. The molecule has 0 radical (unpaired) electrons. The van der Waals surface area contributed by atoms with E-state index in [0.717, 1.165) is 12.8 Å². The highest BCUT2D eigenvalue weighted by Crippen LogP contribution is 2.44. The molecule has 2 N–H and O–H groups in total. The minimum Gasteiger partial charge on any atom is -0.481 e. The molecule has 2 heterocycles. The van der Waals surface area contributed by atoms with Crippen molar-refractivity contribution in [2.45, 2.75) is 25.0 Å². The first-order valence-corrected chi connectivity index (χ1v) is 6.41. The van der Waals surface area contributed by atoms with Crippen LogP contribution in [0.1, 0.15) is 12.8 Å². The normalized spacial score (nSPS) is 32.2. The van der Waals surface area contributed by atoms with E-state index in [9.17, 15) is 14.7 Å². The maximum absolute atomic E-state index is 12.3. The zero-order chi connectivity index (χ0) is 13.4. The number of aliphatic carboxylic acids is 1. The summed E-state index contributed by atoms with van der Waals surface area (Å²) in [7, 11) is 0. The first kappa shape index (κ1) is 12.2. The van der Waals surface area contributed by atoms with Crippen molar-refractivity contribution in [1.29, 1.82) is 0 Å². The standard InChI is InChI=1S/C14H15NO4/c16-13(15-8-4-2-1-3-5-8)11-9-6-7-10(19-9)12(11)14(17)18/h1-5,9-12H,6-7H2,(H,15,16)(H,17,18)/t9-,10+,11+,12-/m1/s1. The van der Waals surface area contributed by atoms with Gasteiger partial charge in [-0.05, 0) is 25.0 Å². The number of carboxylic acid groups (broad SMARTS) is 1. The van der Waals surface area contributed by atoms with E-state index >= 15 is 0 Å². The summed E-state index contributed by atoms with van der Waals surface area (Å²) < 4.78 is 5.58. The Morgan fingerprint density at radius 3 is 2.37 bits per heavy atom. The van der Waals surface area contributed by atoms with Crippen LogP contribution in [0.25, 0.3) is 0 Å². The fraction of sp³-hybridized carbons (Fsp3) is 0.429. The third kappa shape index (κ3) is 2.10. The van der Waals surface area contributed by atoms with Gasteiger partial charge in [0.1, 0.15) is 0 Å². The predicted octanol–water partition coefficient (Wildman–Crippen LogP) is 1.50. The Hall–Kier alpha value is -1.88. The van der Waals surface area contributed by atoms with E-state index in [1.807, 2.05) is 18.2 Å². The lowest BCUT2D eigenvalue weighted by atomic mass is 9.78. The van der Waals surface area contributed by atoms with E-state index in [2.05, 4.69) is 5.32 Å². The fourth-order valence-corrected chi connectivity index (χ4v) is 3.07. The van der Waals surface area contributed by atoms with Gasteiger partial charge in [-0.15, -0.1) is 0 Å². The molecule has 2 aliphatic heterocycles. The average Bonchev–Trinajstić information content (AvgIpc) is 2.99. The number of carboxylic acids is 1. The number of para-hydroxylation sites is 1. The summed E-state index contributed by atoms with van der Waals surface area (Å²) in [6.07, 6.45) is 0.932. The summed E-state index contributed by atoms with van der Waals surface area (Å²) in [5, 5.41) is 12.0. The van der Waals surface area contributed by atoms with Crippen LogP contribution >= 0.6 is 0 Å². The number of rotatable bonds is 3. The zero-order valence-corrected chi connectivity index (χ0v) is 10.3. The molecule has 0 unspecified atom stereocenters. The van der Waals surface area contributed by atoms with Crippen LogP contribution < -0.4 is 5.32 Å². The molecule has 5 nitrogen and oxygen atoms in total. The van der Waals surface area contributed by atoms with Gasteiger partial charge >= 0.3 is 5.97 Å². The van der Waals surface area contributed by atoms with E-state index in [0.29, 0.717) is 5.69 Å². The number of anilines is 1. The molecule has 1 aromatic rings. The molecule has 1 amide bonds. The zero-order valence-electron chi connectivity index (χ0n) is 10.3. The molecular formula is C14H15NO4. The summed E-state index contributed by atoms with van der Waals surface area (Å²) in [6.45, 7) is 0. The Balaban J connectivity index is 1.77. The summed E-state index contributed by atoms with van der Waals surface area (Å²) in [5.41, 5.74) is 0.680. The number of fused-ring (bicyclic) bond motifs is 2. The van der Waals surface area contributed by atoms with E-state index in [1.165, 1.54) is 0 Å². The third-order valence-corrected chi connectivity index (χ3v) is 3.90. The Kier molecular flexibility index (Phi) is 2.98. The number of hydrogen-bond donors (Lipinski definition) is 2. The monoisotopic (exact) mass is 261 g/mol. The number of carbonyl (C=O) groups is 2. The first-order chi connectivity index (χ1) is 9.16. The van der Waals surface area contributed by atoms with Crippen LogP contribution in [0.3, 0.4) is 0 Å². The molecule has 0 saturated carbocycles. The van der Waals surface area contributed by atoms with E-state index < -0.39 is 17.8 Å². The van der Waals surface area contributed by atoms with E-state index in [4.69, 9.17) is 4.74 Å². The van der Waals surface area contributed by atoms with Gasteiger partial charge in [0.2, 0.25) is 5.91 Å². The molecule has 19 heavy (non-hydrogen) atoms. The number of nitrogens with one attached hydrogen (secondary N) is 1. The van der Waals surface area contributed by atoms with Gasteiger partial charge in [-0.1, -0.05) is 18.2 Å². The largest absolute Gasteiger partial charge is 0.481 e. The smallest absolute Gasteiger partial charge is 0.310 e.